The van der Waals surface area contributed by atoms with Crippen molar-refractivity contribution in [2.24, 2.45) is 0 Å². The Labute approximate surface area is 123 Å². The van der Waals surface area contributed by atoms with Gasteiger partial charge in [-0.3, -0.25) is 4.21 Å². The minimum Gasteiger partial charge on any atom is -0.254 e. The third-order valence-corrected chi connectivity index (χ3v) is 4.66. The fourth-order valence-corrected chi connectivity index (χ4v) is 3.57. The third kappa shape index (κ3) is 3.52. The second-order valence-electron chi connectivity index (χ2n) is 4.20. The summed E-state index contributed by atoms with van der Waals surface area (Å²) in [7, 11) is -1.08. The zero-order chi connectivity index (χ0) is 13.8. The van der Waals surface area contributed by atoms with Crippen molar-refractivity contribution in [3.8, 4) is 6.07 Å². The predicted octanol–water partition coefficient (Wildman–Crippen LogP) is 3.94. The molecule has 1 atom stereocenters. The number of aryl methyl sites for hydroxylation is 1. The van der Waals surface area contributed by atoms with Gasteiger partial charge < -0.3 is 0 Å². The molecule has 0 bridgehead atoms. The number of nitrogens with zero attached hydrogens (tertiary/aromatic N) is 1. The van der Waals surface area contributed by atoms with E-state index >= 15 is 0 Å². The Kier molecular flexibility index (Phi) is 4.52. The van der Waals surface area contributed by atoms with Gasteiger partial charge in [0.1, 0.15) is 0 Å². The van der Waals surface area contributed by atoms with Gasteiger partial charge in [0.15, 0.2) is 0 Å². The fourth-order valence-electron chi connectivity index (χ4n) is 1.76. The van der Waals surface area contributed by atoms with Crippen LogP contribution in [-0.4, -0.2) is 4.21 Å². The molecular formula is C15H12BrNOS. The van der Waals surface area contributed by atoms with Crippen LogP contribution in [0.1, 0.15) is 16.7 Å². The molecule has 96 valence electrons. The lowest BCUT2D eigenvalue weighted by Crippen LogP contribution is -1.99. The van der Waals surface area contributed by atoms with E-state index in [9.17, 15) is 4.21 Å². The molecule has 19 heavy (non-hydrogen) atoms. The maximum absolute atomic E-state index is 12.3. The predicted molar refractivity (Wildman–Crippen MR) is 80.1 cm³/mol. The first-order valence-corrected chi connectivity index (χ1v) is 7.85. The smallest absolute Gasteiger partial charge is 0.0991 e. The van der Waals surface area contributed by atoms with Crippen molar-refractivity contribution in [2.75, 3.05) is 0 Å². The molecule has 0 saturated carbocycles. The van der Waals surface area contributed by atoms with E-state index in [-0.39, 0.29) is 0 Å². The van der Waals surface area contributed by atoms with Crippen LogP contribution in [0.2, 0.25) is 0 Å². The van der Waals surface area contributed by atoms with Crippen molar-refractivity contribution >= 4 is 26.7 Å². The van der Waals surface area contributed by atoms with Gasteiger partial charge in [-0.25, -0.2) is 0 Å². The molecule has 0 heterocycles. The van der Waals surface area contributed by atoms with Gasteiger partial charge in [0.05, 0.1) is 28.2 Å². The molecule has 0 amide bonds. The van der Waals surface area contributed by atoms with E-state index in [0.717, 1.165) is 20.5 Å². The van der Waals surface area contributed by atoms with Crippen LogP contribution >= 0.6 is 15.9 Å². The van der Waals surface area contributed by atoms with Crippen LogP contribution in [0.3, 0.4) is 0 Å². The highest BCUT2D eigenvalue weighted by Gasteiger charge is 2.08. The van der Waals surface area contributed by atoms with Gasteiger partial charge in [-0.15, -0.1) is 0 Å². The van der Waals surface area contributed by atoms with E-state index < -0.39 is 10.8 Å². The van der Waals surface area contributed by atoms with E-state index in [1.165, 1.54) is 0 Å². The minimum atomic E-state index is -1.08. The number of hydrogen-bond acceptors (Lipinski definition) is 2. The van der Waals surface area contributed by atoms with Gasteiger partial charge >= 0.3 is 0 Å². The Morgan fingerprint density at radius 2 is 2.05 bits per heavy atom. The Hall–Kier alpha value is -1.44. The van der Waals surface area contributed by atoms with Crippen LogP contribution in [0, 0.1) is 18.3 Å². The summed E-state index contributed by atoms with van der Waals surface area (Å²) in [5, 5.41) is 8.83. The number of hydrogen-bond donors (Lipinski definition) is 0. The number of benzene rings is 2. The van der Waals surface area contributed by atoms with E-state index in [2.05, 4.69) is 22.0 Å². The molecule has 0 aliphatic rings. The summed E-state index contributed by atoms with van der Waals surface area (Å²) in [6.45, 7) is 1.94. The molecule has 2 nitrogen and oxygen atoms in total. The van der Waals surface area contributed by atoms with Crippen LogP contribution in [0.15, 0.2) is 51.8 Å². The van der Waals surface area contributed by atoms with Gasteiger partial charge in [-0.1, -0.05) is 28.1 Å². The van der Waals surface area contributed by atoms with Crippen molar-refractivity contribution in [1.82, 2.24) is 0 Å². The van der Waals surface area contributed by atoms with Gasteiger partial charge in [0.25, 0.3) is 0 Å². The van der Waals surface area contributed by atoms with Gasteiger partial charge in [-0.05, 0) is 48.4 Å². The van der Waals surface area contributed by atoms with Gasteiger partial charge in [0, 0.05) is 9.37 Å². The normalized spacial score (nSPS) is 11.8. The lowest BCUT2D eigenvalue weighted by molar-refractivity contribution is 0.682. The number of rotatable bonds is 3. The van der Waals surface area contributed by atoms with Gasteiger partial charge in [0.2, 0.25) is 0 Å². The maximum Gasteiger partial charge on any atom is 0.0991 e. The third-order valence-electron chi connectivity index (χ3n) is 2.82. The van der Waals surface area contributed by atoms with Crippen molar-refractivity contribution < 1.29 is 4.21 Å². The van der Waals surface area contributed by atoms with E-state index in [1.807, 2.05) is 43.3 Å². The minimum absolute atomic E-state index is 0.466. The first-order valence-electron chi connectivity index (χ1n) is 5.74. The summed E-state index contributed by atoms with van der Waals surface area (Å²) in [6, 6.07) is 15.1. The Morgan fingerprint density at radius 3 is 2.68 bits per heavy atom. The lowest BCUT2D eigenvalue weighted by atomic mass is 10.1. The Morgan fingerprint density at radius 1 is 1.26 bits per heavy atom. The second-order valence-corrected chi connectivity index (χ2v) is 6.57. The van der Waals surface area contributed by atoms with E-state index in [0.29, 0.717) is 11.3 Å². The van der Waals surface area contributed by atoms with Crippen molar-refractivity contribution in [3.63, 3.8) is 0 Å². The molecule has 0 aliphatic heterocycles. The molecule has 0 aliphatic carbocycles. The van der Waals surface area contributed by atoms with Crippen LogP contribution in [0.25, 0.3) is 0 Å². The molecule has 1 unspecified atom stereocenters. The average Bonchev–Trinajstić information content (AvgIpc) is 2.41. The molecule has 0 radical (unpaired) electrons. The first kappa shape index (κ1) is 14.0. The largest absolute Gasteiger partial charge is 0.254 e. The molecule has 2 aromatic carbocycles. The van der Waals surface area contributed by atoms with Gasteiger partial charge in [-0.2, -0.15) is 5.26 Å². The summed E-state index contributed by atoms with van der Waals surface area (Å²) < 4.78 is 13.2. The summed E-state index contributed by atoms with van der Waals surface area (Å²) in [5.41, 5.74) is 2.65. The summed E-state index contributed by atoms with van der Waals surface area (Å²) >= 11 is 3.38. The molecule has 0 N–H and O–H groups in total. The highest BCUT2D eigenvalue weighted by atomic mass is 79.9. The SMILES string of the molecule is Cc1cc(C#N)ccc1CS(=O)c1cccc(Br)c1. The molecule has 0 fully saturated rings. The molecule has 2 aromatic rings. The summed E-state index contributed by atoms with van der Waals surface area (Å²) in [5.74, 6) is 0.466. The van der Waals surface area contributed by atoms with Crippen LogP contribution < -0.4 is 0 Å². The summed E-state index contributed by atoms with van der Waals surface area (Å²) in [6.07, 6.45) is 0. The quantitative estimate of drug-likeness (QED) is 0.853. The zero-order valence-electron chi connectivity index (χ0n) is 10.4. The maximum atomic E-state index is 12.3. The fraction of sp³-hybridized carbons (Fsp3) is 0.133. The zero-order valence-corrected chi connectivity index (χ0v) is 12.8. The lowest BCUT2D eigenvalue weighted by Gasteiger charge is -2.07. The number of nitriles is 1. The molecule has 0 spiro atoms. The highest BCUT2D eigenvalue weighted by molar-refractivity contribution is 9.10. The highest BCUT2D eigenvalue weighted by Crippen LogP contribution is 2.19. The summed E-state index contributed by atoms with van der Waals surface area (Å²) in [4.78, 5) is 0.804. The van der Waals surface area contributed by atoms with Crippen molar-refractivity contribution in [2.45, 2.75) is 17.6 Å². The van der Waals surface area contributed by atoms with Crippen LogP contribution in [0.5, 0.6) is 0 Å². The molecule has 0 aromatic heterocycles. The standard InChI is InChI=1S/C15H12BrNOS/c1-11-7-12(9-17)5-6-13(11)10-19(18)15-4-2-3-14(16)8-15/h2-8H,10H2,1H3. The topological polar surface area (TPSA) is 40.9 Å². The average molecular weight is 334 g/mol. The van der Waals surface area contributed by atoms with Crippen LogP contribution in [0.4, 0.5) is 0 Å². The molecular weight excluding hydrogens is 322 g/mol. The van der Waals surface area contributed by atoms with Crippen molar-refractivity contribution in [1.29, 1.82) is 5.26 Å². The van der Waals surface area contributed by atoms with E-state index in [4.69, 9.17) is 5.26 Å². The molecule has 0 saturated heterocycles. The second kappa shape index (κ2) is 6.14. The first-order chi connectivity index (χ1) is 9.10. The Bertz CT molecular complexity index is 676. The van der Waals surface area contributed by atoms with Crippen molar-refractivity contribution in [3.05, 3.63) is 63.6 Å². The number of halogens is 1. The van der Waals surface area contributed by atoms with Crippen LogP contribution in [-0.2, 0) is 16.6 Å². The Balaban J connectivity index is 2.22. The monoisotopic (exact) mass is 333 g/mol. The van der Waals surface area contributed by atoms with E-state index in [1.54, 1.807) is 6.07 Å². The molecule has 2 rings (SSSR count). The molecule has 4 heteroatoms.